The third kappa shape index (κ3) is 8.89. The fourth-order valence-corrected chi connectivity index (χ4v) is 1.94. The summed E-state index contributed by atoms with van der Waals surface area (Å²) in [6, 6.07) is 5.90. The predicted octanol–water partition coefficient (Wildman–Crippen LogP) is 2.63. The highest BCUT2D eigenvalue weighted by Gasteiger charge is 1.96. The van der Waals surface area contributed by atoms with Gasteiger partial charge in [0.1, 0.15) is 5.82 Å². The molecule has 1 aromatic rings. The van der Waals surface area contributed by atoms with Gasteiger partial charge in [0, 0.05) is 32.9 Å². The van der Waals surface area contributed by atoms with Crippen LogP contribution >= 0.6 is 0 Å². The lowest BCUT2D eigenvalue weighted by Gasteiger charge is -2.11. The van der Waals surface area contributed by atoms with Crippen molar-refractivity contribution >= 4 is 11.8 Å². The normalized spacial score (nSPS) is 11.2. The maximum absolute atomic E-state index is 4.23. The predicted molar refractivity (Wildman–Crippen MR) is 90.9 cm³/mol. The van der Waals surface area contributed by atoms with Crippen molar-refractivity contribution in [1.29, 1.82) is 0 Å². The topological polar surface area (TPSA) is 61.3 Å². The number of hydrogen-bond acceptors (Lipinski definition) is 3. The average molecular weight is 291 g/mol. The zero-order chi connectivity index (χ0) is 15.2. The van der Waals surface area contributed by atoms with E-state index in [2.05, 4.69) is 32.9 Å². The minimum absolute atomic E-state index is 0.906. The smallest absolute Gasteiger partial charge is 0.190 e. The van der Waals surface area contributed by atoms with E-state index in [-0.39, 0.29) is 0 Å². The first-order valence-electron chi connectivity index (χ1n) is 7.96. The van der Waals surface area contributed by atoms with Crippen molar-refractivity contribution in [3.05, 3.63) is 24.4 Å². The Morgan fingerprint density at radius 1 is 1.05 bits per heavy atom. The molecule has 5 heteroatoms. The molecule has 0 atom stereocenters. The van der Waals surface area contributed by atoms with Gasteiger partial charge in [-0.2, -0.15) is 0 Å². The van der Waals surface area contributed by atoms with Crippen molar-refractivity contribution in [3.8, 4) is 0 Å². The average Bonchev–Trinajstić information content (AvgIpc) is 2.53. The van der Waals surface area contributed by atoms with Crippen LogP contribution in [0, 0.1) is 0 Å². The second-order valence-corrected chi connectivity index (χ2v) is 4.98. The Bertz CT molecular complexity index is 378. The summed E-state index contributed by atoms with van der Waals surface area (Å²) >= 11 is 0. The second kappa shape index (κ2) is 12.0. The first-order chi connectivity index (χ1) is 10.4. The quantitative estimate of drug-likeness (QED) is 0.352. The monoisotopic (exact) mass is 291 g/mol. The minimum Gasteiger partial charge on any atom is -0.370 e. The van der Waals surface area contributed by atoms with Gasteiger partial charge < -0.3 is 16.0 Å². The van der Waals surface area contributed by atoms with E-state index in [9.17, 15) is 0 Å². The van der Waals surface area contributed by atoms with E-state index < -0.39 is 0 Å². The molecule has 5 nitrogen and oxygen atoms in total. The van der Waals surface area contributed by atoms with Gasteiger partial charge in [-0.05, 0) is 31.4 Å². The zero-order valence-corrected chi connectivity index (χ0v) is 13.4. The standard InChI is InChI=1S/C16H29N5/c1-3-4-6-13-20-16(17-2)21-14-9-8-12-19-15-10-5-7-11-18-15/h5,7,10-11H,3-4,6,8-9,12-14H2,1-2H3,(H,18,19)(H2,17,20,21). The van der Waals surface area contributed by atoms with Gasteiger partial charge in [-0.3, -0.25) is 4.99 Å². The van der Waals surface area contributed by atoms with Gasteiger partial charge in [-0.15, -0.1) is 0 Å². The summed E-state index contributed by atoms with van der Waals surface area (Å²) in [5, 5.41) is 9.99. The number of pyridine rings is 1. The summed E-state index contributed by atoms with van der Waals surface area (Å²) in [7, 11) is 1.82. The third-order valence-electron chi connectivity index (χ3n) is 3.16. The number of nitrogens with zero attached hydrogens (tertiary/aromatic N) is 2. The van der Waals surface area contributed by atoms with Crippen LogP contribution in [-0.2, 0) is 0 Å². The molecule has 1 rings (SSSR count). The molecule has 0 spiro atoms. The number of hydrogen-bond donors (Lipinski definition) is 3. The Kier molecular flexibility index (Phi) is 9.87. The highest BCUT2D eigenvalue weighted by Crippen LogP contribution is 2.00. The highest BCUT2D eigenvalue weighted by molar-refractivity contribution is 5.79. The fraction of sp³-hybridized carbons (Fsp3) is 0.625. The van der Waals surface area contributed by atoms with E-state index in [4.69, 9.17) is 0 Å². The van der Waals surface area contributed by atoms with Gasteiger partial charge in [0.05, 0.1) is 0 Å². The number of aromatic nitrogens is 1. The molecule has 0 aliphatic heterocycles. The third-order valence-corrected chi connectivity index (χ3v) is 3.16. The Labute approximate surface area is 128 Å². The molecule has 0 bridgehead atoms. The largest absolute Gasteiger partial charge is 0.370 e. The van der Waals surface area contributed by atoms with Gasteiger partial charge in [-0.1, -0.05) is 25.8 Å². The van der Waals surface area contributed by atoms with E-state index in [0.717, 1.165) is 44.3 Å². The maximum Gasteiger partial charge on any atom is 0.190 e. The van der Waals surface area contributed by atoms with E-state index >= 15 is 0 Å². The second-order valence-electron chi connectivity index (χ2n) is 4.98. The van der Waals surface area contributed by atoms with Crippen molar-refractivity contribution in [2.45, 2.75) is 39.0 Å². The van der Waals surface area contributed by atoms with Crippen LogP contribution in [0.4, 0.5) is 5.82 Å². The summed E-state index contributed by atoms with van der Waals surface area (Å²) in [5.41, 5.74) is 0. The van der Waals surface area contributed by atoms with Crippen LogP contribution in [0.5, 0.6) is 0 Å². The van der Waals surface area contributed by atoms with E-state index in [0.29, 0.717) is 0 Å². The van der Waals surface area contributed by atoms with E-state index in [1.165, 1.54) is 19.3 Å². The molecule has 0 radical (unpaired) electrons. The first-order valence-corrected chi connectivity index (χ1v) is 7.96. The summed E-state index contributed by atoms with van der Waals surface area (Å²) in [5.74, 6) is 1.85. The lowest BCUT2D eigenvalue weighted by atomic mass is 10.2. The van der Waals surface area contributed by atoms with E-state index in [1.54, 1.807) is 6.20 Å². The lowest BCUT2D eigenvalue weighted by Crippen LogP contribution is -2.38. The molecule has 118 valence electrons. The van der Waals surface area contributed by atoms with E-state index in [1.807, 2.05) is 25.2 Å². The molecule has 0 amide bonds. The summed E-state index contributed by atoms with van der Waals surface area (Å²) < 4.78 is 0. The van der Waals surface area contributed by atoms with Gasteiger partial charge in [0.2, 0.25) is 0 Å². The number of anilines is 1. The minimum atomic E-state index is 0.906. The molecular formula is C16H29N5. The lowest BCUT2D eigenvalue weighted by molar-refractivity contribution is 0.671. The molecule has 0 aliphatic carbocycles. The molecule has 21 heavy (non-hydrogen) atoms. The van der Waals surface area contributed by atoms with Gasteiger partial charge >= 0.3 is 0 Å². The molecular weight excluding hydrogens is 262 g/mol. The molecule has 0 unspecified atom stereocenters. The number of nitrogens with one attached hydrogen (secondary N) is 3. The molecule has 0 saturated carbocycles. The van der Waals surface area contributed by atoms with Gasteiger partial charge in [-0.25, -0.2) is 4.98 Å². The fourth-order valence-electron chi connectivity index (χ4n) is 1.94. The van der Waals surface area contributed by atoms with Crippen molar-refractivity contribution in [1.82, 2.24) is 15.6 Å². The molecule has 0 aromatic carbocycles. The number of rotatable bonds is 10. The van der Waals surface area contributed by atoms with Crippen LogP contribution in [-0.4, -0.2) is 37.6 Å². The van der Waals surface area contributed by atoms with Crippen LogP contribution in [0.15, 0.2) is 29.4 Å². The Morgan fingerprint density at radius 2 is 1.76 bits per heavy atom. The Hall–Kier alpha value is -1.78. The van der Waals surface area contributed by atoms with Crippen molar-refractivity contribution in [3.63, 3.8) is 0 Å². The van der Waals surface area contributed by atoms with Crippen LogP contribution in [0.25, 0.3) is 0 Å². The Morgan fingerprint density at radius 3 is 2.38 bits per heavy atom. The van der Waals surface area contributed by atoms with Crippen molar-refractivity contribution in [2.24, 2.45) is 4.99 Å². The van der Waals surface area contributed by atoms with Crippen molar-refractivity contribution in [2.75, 3.05) is 32.0 Å². The van der Waals surface area contributed by atoms with Crippen LogP contribution in [0.1, 0.15) is 39.0 Å². The summed E-state index contributed by atoms with van der Waals surface area (Å²) in [6.45, 7) is 5.10. The molecule has 0 aliphatic rings. The summed E-state index contributed by atoms with van der Waals surface area (Å²) in [6.07, 6.45) is 7.73. The van der Waals surface area contributed by atoms with Crippen LogP contribution in [0.3, 0.4) is 0 Å². The van der Waals surface area contributed by atoms with Gasteiger partial charge in [0.15, 0.2) is 5.96 Å². The zero-order valence-electron chi connectivity index (χ0n) is 13.4. The number of guanidine groups is 1. The highest BCUT2D eigenvalue weighted by atomic mass is 15.2. The first kappa shape index (κ1) is 17.3. The number of unbranched alkanes of at least 4 members (excludes halogenated alkanes) is 3. The molecule has 1 heterocycles. The summed E-state index contributed by atoms with van der Waals surface area (Å²) in [4.78, 5) is 8.45. The van der Waals surface area contributed by atoms with Crippen LogP contribution in [0.2, 0.25) is 0 Å². The molecule has 3 N–H and O–H groups in total. The molecule has 0 saturated heterocycles. The van der Waals surface area contributed by atoms with Gasteiger partial charge in [0.25, 0.3) is 0 Å². The Balaban J connectivity index is 1.99. The SMILES string of the molecule is CCCCCNC(=NC)NCCCCNc1ccccn1. The molecule has 0 fully saturated rings. The number of aliphatic imine (C=N–C) groups is 1. The maximum atomic E-state index is 4.23. The molecule has 1 aromatic heterocycles. The van der Waals surface area contributed by atoms with Crippen LogP contribution < -0.4 is 16.0 Å². The van der Waals surface area contributed by atoms with Crippen molar-refractivity contribution < 1.29 is 0 Å².